The van der Waals surface area contributed by atoms with Gasteiger partial charge in [0.25, 0.3) is 0 Å². The molecule has 1 N–H and O–H groups in total. The molecule has 0 aliphatic heterocycles. The third-order valence-corrected chi connectivity index (χ3v) is 3.92. The highest BCUT2D eigenvalue weighted by Gasteiger charge is 2.28. The first kappa shape index (κ1) is 14.5. The Morgan fingerprint density at radius 1 is 1.16 bits per heavy atom. The fourth-order valence-corrected chi connectivity index (χ4v) is 2.55. The molecule has 106 valence electrons. The number of benzene rings is 1. The molecule has 1 aromatic rings. The minimum Gasteiger partial charge on any atom is -0.313 e. The normalized spacial score (nSPS) is 15.1. The van der Waals surface area contributed by atoms with Gasteiger partial charge < -0.3 is 5.32 Å². The second-order valence-corrected chi connectivity index (χ2v) is 5.60. The molecule has 1 aromatic carbocycles. The van der Waals surface area contributed by atoms with Crippen LogP contribution in [0.3, 0.4) is 0 Å². The van der Waals surface area contributed by atoms with E-state index in [2.05, 4.69) is 48.3 Å². The van der Waals surface area contributed by atoms with Gasteiger partial charge in [0.05, 0.1) is 0 Å². The Morgan fingerprint density at radius 3 is 2.53 bits per heavy atom. The summed E-state index contributed by atoms with van der Waals surface area (Å²) in [5, 5.41) is 3.45. The maximum atomic E-state index is 3.45. The van der Waals surface area contributed by atoms with Gasteiger partial charge in [-0.05, 0) is 43.5 Å². The molecule has 0 aromatic heterocycles. The van der Waals surface area contributed by atoms with Gasteiger partial charge in [0.15, 0.2) is 0 Å². The van der Waals surface area contributed by atoms with Crippen LogP contribution in [-0.4, -0.2) is 24.0 Å². The number of nitrogens with zero attached hydrogens (tertiary/aromatic N) is 1. The van der Waals surface area contributed by atoms with Crippen LogP contribution < -0.4 is 5.32 Å². The molecule has 0 heterocycles. The fourth-order valence-electron chi connectivity index (χ4n) is 2.55. The van der Waals surface area contributed by atoms with Crippen molar-refractivity contribution in [1.29, 1.82) is 0 Å². The lowest BCUT2D eigenvalue weighted by Crippen LogP contribution is -2.27. The highest BCUT2D eigenvalue weighted by molar-refractivity contribution is 5.27. The van der Waals surface area contributed by atoms with Crippen molar-refractivity contribution in [2.75, 3.05) is 13.1 Å². The molecule has 19 heavy (non-hydrogen) atoms. The Labute approximate surface area is 118 Å². The average molecular weight is 260 g/mol. The lowest BCUT2D eigenvalue weighted by atomic mass is 10.1. The van der Waals surface area contributed by atoms with Gasteiger partial charge in [-0.1, -0.05) is 44.5 Å². The summed E-state index contributed by atoms with van der Waals surface area (Å²) in [5.74, 6) is 0. The second kappa shape index (κ2) is 7.66. The van der Waals surface area contributed by atoms with E-state index in [0.717, 1.165) is 25.7 Å². The average Bonchev–Trinajstić information content (AvgIpc) is 3.26. The Morgan fingerprint density at radius 2 is 1.89 bits per heavy atom. The topological polar surface area (TPSA) is 15.3 Å². The summed E-state index contributed by atoms with van der Waals surface area (Å²) >= 11 is 0. The predicted molar refractivity (Wildman–Crippen MR) is 82.2 cm³/mol. The maximum Gasteiger partial charge on any atom is 0.0239 e. The maximum absolute atomic E-state index is 3.45. The van der Waals surface area contributed by atoms with E-state index in [0.29, 0.717) is 0 Å². The van der Waals surface area contributed by atoms with Crippen LogP contribution in [0, 0.1) is 0 Å². The van der Waals surface area contributed by atoms with Crippen LogP contribution in [0.1, 0.15) is 50.7 Å². The Hall–Kier alpha value is -0.860. The monoisotopic (exact) mass is 260 g/mol. The summed E-state index contributed by atoms with van der Waals surface area (Å²) < 4.78 is 0. The van der Waals surface area contributed by atoms with Crippen LogP contribution in [0.5, 0.6) is 0 Å². The Kier molecular flexibility index (Phi) is 5.87. The van der Waals surface area contributed by atoms with E-state index >= 15 is 0 Å². The lowest BCUT2D eigenvalue weighted by Gasteiger charge is -2.23. The van der Waals surface area contributed by atoms with Crippen LogP contribution in [0.25, 0.3) is 0 Å². The van der Waals surface area contributed by atoms with Gasteiger partial charge >= 0.3 is 0 Å². The van der Waals surface area contributed by atoms with Crippen molar-refractivity contribution in [3.8, 4) is 0 Å². The summed E-state index contributed by atoms with van der Waals surface area (Å²) in [5.41, 5.74) is 2.97. The van der Waals surface area contributed by atoms with Crippen molar-refractivity contribution in [3.05, 3.63) is 35.4 Å². The number of hydrogen-bond donors (Lipinski definition) is 1. The van der Waals surface area contributed by atoms with E-state index in [9.17, 15) is 0 Å². The molecule has 0 unspecified atom stereocenters. The summed E-state index contributed by atoms with van der Waals surface area (Å²) in [6, 6.07) is 9.76. The third kappa shape index (κ3) is 4.63. The standard InChI is InChI=1S/C17H28N2/c1-3-5-12-19(17-10-11-17)14-16-9-7-6-8-15(16)13-18-4-2/h6-9,17-18H,3-5,10-14H2,1-2H3. The Bertz CT molecular complexity index is 371. The molecule has 0 spiro atoms. The summed E-state index contributed by atoms with van der Waals surface area (Å²) in [7, 11) is 0. The van der Waals surface area contributed by atoms with E-state index in [-0.39, 0.29) is 0 Å². The summed E-state index contributed by atoms with van der Waals surface area (Å²) in [6.07, 6.45) is 5.42. The van der Waals surface area contributed by atoms with Gasteiger partial charge in [-0.2, -0.15) is 0 Å². The van der Waals surface area contributed by atoms with Crippen LogP contribution >= 0.6 is 0 Å². The van der Waals surface area contributed by atoms with E-state index in [4.69, 9.17) is 0 Å². The van der Waals surface area contributed by atoms with Crippen LogP contribution in [0.2, 0.25) is 0 Å². The number of rotatable bonds is 9. The number of hydrogen-bond acceptors (Lipinski definition) is 2. The molecule has 2 rings (SSSR count). The molecule has 2 heteroatoms. The van der Waals surface area contributed by atoms with Crippen LogP contribution in [0.15, 0.2) is 24.3 Å². The first-order valence-electron chi connectivity index (χ1n) is 7.86. The van der Waals surface area contributed by atoms with E-state index in [1.165, 1.54) is 43.4 Å². The molecular weight excluding hydrogens is 232 g/mol. The van der Waals surface area contributed by atoms with Crippen molar-refractivity contribution in [2.24, 2.45) is 0 Å². The zero-order chi connectivity index (χ0) is 13.5. The SMILES string of the molecule is CCCCN(Cc1ccccc1CNCC)C1CC1. The highest BCUT2D eigenvalue weighted by atomic mass is 15.2. The molecule has 0 radical (unpaired) electrons. The first-order valence-corrected chi connectivity index (χ1v) is 7.86. The van der Waals surface area contributed by atoms with Crippen LogP contribution in [-0.2, 0) is 13.1 Å². The lowest BCUT2D eigenvalue weighted by molar-refractivity contribution is 0.250. The molecule has 0 bridgehead atoms. The zero-order valence-corrected chi connectivity index (χ0v) is 12.5. The molecule has 0 amide bonds. The van der Waals surface area contributed by atoms with E-state index < -0.39 is 0 Å². The van der Waals surface area contributed by atoms with Gasteiger partial charge in [0.2, 0.25) is 0 Å². The van der Waals surface area contributed by atoms with Gasteiger partial charge in [0, 0.05) is 19.1 Å². The molecular formula is C17H28N2. The predicted octanol–water partition coefficient (Wildman–Crippen LogP) is 3.56. The molecule has 1 aliphatic carbocycles. The molecule has 1 saturated carbocycles. The smallest absolute Gasteiger partial charge is 0.0239 e. The molecule has 1 aliphatic rings. The van der Waals surface area contributed by atoms with Crippen molar-refractivity contribution >= 4 is 0 Å². The first-order chi connectivity index (χ1) is 9.35. The molecule has 0 saturated heterocycles. The largest absolute Gasteiger partial charge is 0.313 e. The van der Waals surface area contributed by atoms with Gasteiger partial charge in [-0.3, -0.25) is 4.90 Å². The second-order valence-electron chi connectivity index (χ2n) is 5.60. The van der Waals surface area contributed by atoms with Gasteiger partial charge in [0.1, 0.15) is 0 Å². The Balaban J connectivity index is 1.98. The zero-order valence-electron chi connectivity index (χ0n) is 12.5. The summed E-state index contributed by atoms with van der Waals surface area (Å²) in [4.78, 5) is 2.69. The minimum absolute atomic E-state index is 0.860. The number of unbranched alkanes of at least 4 members (excludes halogenated alkanes) is 1. The van der Waals surface area contributed by atoms with E-state index in [1.807, 2.05) is 0 Å². The third-order valence-electron chi connectivity index (χ3n) is 3.92. The molecule has 1 fully saturated rings. The van der Waals surface area contributed by atoms with Gasteiger partial charge in [-0.25, -0.2) is 0 Å². The van der Waals surface area contributed by atoms with Crippen molar-refractivity contribution in [1.82, 2.24) is 10.2 Å². The van der Waals surface area contributed by atoms with Crippen molar-refractivity contribution in [3.63, 3.8) is 0 Å². The number of nitrogens with one attached hydrogen (secondary N) is 1. The van der Waals surface area contributed by atoms with E-state index in [1.54, 1.807) is 0 Å². The molecule has 0 atom stereocenters. The quantitative estimate of drug-likeness (QED) is 0.730. The summed E-state index contributed by atoms with van der Waals surface area (Å²) in [6.45, 7) is 8.88. The van der Waals surface area contributed by atoms with Crippen LogP contribution in [0.4, 0.5) is 0 Å². The molecule has 2 nitrogen and oxygen atoms in total. The fraction of sp³-hybridized carbons (Fsp3) is 0.647. The van der Waals surface area contributed by atoms with Crippen molar-refractivity contribution < 1.29 is 0 Å². The minimum atomic E-state index is 0.860. The van der Waals surface area contributed by atoms with Gasteiger partial charge in [-0.15, -0.1) is 0 Å². The van der Waals surface area contributed by atoms with Crippen molar-refractivity contribution in [2.45, 2.75) is 58.7 Å². The highest BCUT2D eigenvalue weighted by Crippen LogP contribution is 2.29.